The molecule has 1 unspecified atom stereocenters. The third-order valence-electron chi connectivity index (χ3n) is 8.73. The van der Waals surface area contributed by atoms with Crippen molar-refractivity contribution in [2.75, 3.05) is 46.3 Å². The number of hydrogen-bond acceptors (Lipinski definition) is 3. The maximum atomic E-state index is 12.7. The first-order chi connectivity index (χ1) is 17.6. The number of ether oxygens (including phenoxy) is 1. The molecule has 0 N–H and O–H groups in total. The van der Waals surface area contributed by atoms with E-state index in [0.29, 0.717) is 6.42 Å². The van der Waals surface area contributed by atoms with E-state index in [2.05, 4.69) is 18.9 Å². The summed E-state index contributed by atoms with van der Waals surface area (Å²) in [7, 11) is 2.38. The Morgan fingerprint density at radius 3 is 1.68 bits per heavy atom. The highest BCUT2D eigenvalue weighted by Gasteiger charge is 2.31. The molecule has 0 saturated carbocycles. The lowest BCUT2D eigenvalue weighted by molar-refractivity contribution is -0.916. The SMILES string of the molecule is CCCCCCCCCCCCCCCCCC(=O)OC(CN1CCCCC1)C[N+]1(C)CCCCC1.[I-]. The Labute approximate surface area is 248 Å². The molecule has 0 bridgehead atoms. The molecule has 2 rings (SSSR count). The number of nitrogens with zero attached hydrogens (tertiary/aromatic N) is 2. The monoisotopic (exact) mass is 634 g/mol. The Bertz CT molecular complexity index is 533. The largest absolute Gasteiger partial charge is 1.00 e. The third kappa shape index (κ3) is 18.2. The van der Waals surface area contributed by atoms with Crippen LogP contribution in [-0.4, -0.2) is 67.8 Å². The maximum Gasteiger partial charge on any atom is 0.306 e. The summed E-state index contributed by atoms with van der Waals surface area (Å²) in [6, 6.07) is 0. The van der Waals surface area contributed by atoms with Crippen LogP contribution in [0.4, 0.5) is 0 Å². The van der Waals surface area contributed by atoms with Gasteiger partial charge in [0.15, 0.2) is 6.10 Å². The number of piperidine rings is 2. The van der Waals surface area contributed by atoms with Crippen molar-refractivity contribution in [1.82, 2.24) is 4.90 Å². The van der Waals surface area contributed by atoms with Gasteiger partial charge in [-0.1, -0.05) is 103 Å². The Kier molecular flexibility index (Phi) is 21.7. The number of carbonyl (C=O) groups excluding carboxylic acids is 1. The van der Waals surface area contributed by atoms with E-state index in [1.165, 1.54) is 155 Å². The second kappa shape index (κ2) is 22.9. The first-order valence-electron chi connectivity index (χ1n) is 16.4. The number of esters is 1. The normalized spacial score (nSPS) is 18.8. The predicted octanol–water partition coefficient (Wildman–Crippen LogP) is 5.28. The summed E-state index contributed by atoms with van der Waals surface area (Å²) in [4.78, 5) is 15.3. The van der Waals surface area contributed by atoms with Crippen molar-refractivity contribution in [3.63, 3.8) is 0 Å². The van der Waals surface area contributed by atoms with Gasteiger partial charge in [0.1, 0.15) is 6.54 Å². The van der Waals surface area contributed by atoms with Gasteiger partial charge in [0.2, 0.25) is 0 Å². The molecule has 4 nitrogen and oxygen atoms in total. The third-order valence-corrected chi connectivity index (χ3v) is 8.73. The standard InChI is InChI=1S/C32H63N2O2.HI/c1-3-4-5-6-7-8-9-10-11-12-13-14-15-16-19-24-32(35)36-31(29-33-25-20-17-21-26-33)30-34(2)27-22-18-23-28-34;/h31H,3-30H2,1-2H3;1H/q+1;/p-1. The first-order valence-corrected chi connectivity index (χ1v) is 16.4. The molecule has 0 radical (unpaired) electrons. The Balaban J connectivity index is 0.00000684. The van der Waals surface area contributed by atoms with E-state index in [9.17, 15) is 4.79 Å². The lowest BCUT2D eigenvalue weighted by Gasteiger charge is -2.41. The molecule has 5 heteroatoms. The van der Waals surface area contributed by atoms with Crippen molar-refractivity contribution in [2.24, 2.45) is 0 Å². The summed E-state index contributed by atoms with van der Waals surface area (Å²) in [5.74, 6) is 0.0512. The van der Waals surface area contributed by atoms with Gasteiger partial charge >= 0.3 is 5.97 Å². The summed E-state index contributed by atoms with van der Waals surface area (Å²) in [6.45, 7) is 9.08. The van der Waals surface area contributed by atoms with Crippen molar-refractivity contribution in [2.45, 2.75) is 154 Å². The molecular formula is C32H63IN2O2. The van der Waals surface area contributed by atoms with Gasteiger partial charge in [0.05, 0.1) is 20.1 Å². The molecule has 2 fully saturated rings. The summed E-state index contributed by atoms with van der Waals surface area (Å²) in [5.41, 5.74) is 0. The van der Waals surface area contributed by atoms with E-state index in [1.54, 1.807) is 0 Å². The molecule has 220 valence electrons. The molecular weight excluding hydrogens is 571 g/mol. The number of hydrogen-bond donors (Lipinski definition) is 0. The molecule has 0 aromatic carbocycles. The van der Waals surface area contributed by atoms with Gasteiger partial charge in [0, 0.05) is 13.0 Å². The van der Waals surface area contributed by atoms with Crippen molar-refractivity contribution >= 4 is 5.97 Å². The molecule has 2 aliphatic heterocycles. The lowest BCUT2D eigenvalue weighted by Crippen LogP contribution is -3.00. The number of likely N-dealkylation sites (N-methyl/N-ethyl adjacent to an activating group) is 1. The number of carbonyl (C=O) groups is 1. The lowest BCUT2D eigenvalue weighted by atomic mass is 10.0. The summed E-state index contributed by atoms with van der Waals surface area (Å²) < 4.78 is 7.23. The van der Waals surface area contributed by atoms with E-state index in [0.717, 1.165) is 24.0 Å². The highest BCUT2D eigenvalue weighted by Crippen LogP contribution is 2.20. The fourth-order valence-electron chi connectivity index (χ4n) is 6.40. The zero-order valence-corrected chi connectivity index (χ0v) is 27.1. The van der Waals surface area contributed by atoms with Gasteiger partial charge in [-0.25, -0.2) is 0 Å². The highest BCUT2D eigenvalue weighted by atomic mass is 127. The smallest absolute Gasteiger partial charge is 0.306 e. The van der Waals surface area contributed by atoms with Crippen LogP contribution in [0, 0.1) is 0 Å². The minimum absolute atomic E-state index is 0. The topological polar surface area (TPSA) is 29.5 Å². The first kappa shape index (κ1) is 35.1. The van der Waals surface area contributed by atoms with Crippen LogP contribution < -0.4 is 24.0 Å². The van der Waals surface area contributed by atoms with Crippen LogP contribution in [0.2, 0.25) is 0 Å². The molecule has 0 aromatic rings. The molecule has 1 atom stereocenters. The summed E-state index contributed by atoms with van der Waals surface area (Å²) in [6.07, 6.45) is 29.0. The van der Waals surface area contributed by atoms with Crippen molar-refractivity contribution in [1.29, 1.82) is 0 Å². The van der Waals surface area contributed by atoms with Gasteiger partial charge in [-0.2, -0.15) is 0 Å². The zero-order valence-electron chi connectivity index (χ0n) is 25.0. The second-order valence-corrected chi connectivity index (χ2v) is 12.5. The van der Waals surface area contributed by atoms with E-state index < -0.39 is 0 Å². The summed E-state index contributed by atoms with van der Waals surface area (Å²) >= 11 is 0. The average Bonchev–Trinajstić information content (AvgIpc) is 2.87. The van der Waals surface area contributed by atoms with Crippen LogP contribution >= 0.6 is 0 Å². The van der Waals surface area contributed by atoms with E-state index in [4.69, 9.17) is 4.74 Å². The number of quaternary nitrogens is 1. The van der Waals surface area contributed by atoms with Gasteiger partial charge in [-0.3, -0.25) is 9.69 Å². The van der Waals surface area contributed by atoms with Gasteiger partial charge < -0.3 is 33.2 Å². The predicted molar refractivity (Wildman–Crippen MR) is 154 cm³/mol. The molecule has 0 aliphatic carbocycles. The van der Waals surface area contributed by atoms with Crippen molar-refractivity contribution in [3.05, 3.63) is 0 Å². The van der Waals surface area contributed by atoms with Crippen LogP contribution in [0.15, 0.2) is 0 Å². The Morgan fingerprint density at radius 1 is 0.703 bits per heavy atom. The Hall–Kier alpha value is 0.120. The van der Waals surface area contributed by atoms with E-state index in [-0.39, 0.29) is 36.0 Å². The molecule has 0 spiro atoms. The Morgan fingerprint density at radius 2 is 1.16 bits per heavy atom. The fraction of sp³-hybridized carbons (Fsp3) is 0.969. The maximum absolute atomic E-state index is 12.7. The summed E-state index contributed by atoms with van der Waals surface area (Å²) in [5, 5.41) is 0. The number of halogens is 1. The zero-order chi connectivity index (χ0) is 25.7. The number of likely N-dealkylation sites (tertiary alicyclic amines) is 2. The minimum Gasteiger partial charge on any atom is -1.00 e. The molecule has 2 heterocycles. The molecule has 2 aliphatic rings. The second-order valence-electron chi connectivity index (χ2n) is 12.5. The van der Waals surface area contributed by atoms with E-state index in [1.807, 2.05) is 0 Å². The van der Waals surface area contributed by atoms with Crippen LogP contribution in [0.3, 0.4) is 0 Å². The average molecular weight is 635 g/mol. The van der Waals surface area contributed by atoms with Gasteiger partial charge in [-0.15, -0.1) is 0 Å². The van der Waals surface area contributed by atoms with Crippen LogP contribution in [-0.2, 0) is 9.53 Å². The van der Waals surface area contributed by atoms with E-state index >= 15 is 0 Å². The highest BCUT2D eigenvalue weighted by molar-refractivity contribution is 5.69. The number of unbranched alkanes of at least 4 members (excludes halogenated alkanes) is 14. The van der Waals surface area contributed by atoms with Gasteiger partial charge in [0.25, 0.3) is 0 Å². The van der Waals surface area contributed by atoms with Crippen molar-refractivity contribution < 1.29 is 38.0 Å². The molecule has 0 aromatic heterocycles. The van der Waals surface area contributed by atoms with Crippen LogP contribution in [0.25, 0.3) is 0 Å². The van der Waals surface area contributed by atoms with Crippen molar-refractivity contribution in [3.8, 4) is 0 Å². The molecule has 37 heavy (non-hydrogen) atoms. The molecule has 0 amide bonds. The fourth-order valence-corrected chi connectivity index (χ4v) is 6.40. The van der Waals surface area contributed by atoms with Crippen LogP contribution in [0.5, 0.6) is 0 Å². The van der Waals surface area contributed by atoms with Gasteiger partial charge in [-0.05, 0) is 51.6 Å². The quantitative estimate of drug-likeness (QED) is 0.0746. The number of rotatable bonds is 21. The van der Waals surface area contributed by atoms with Crippen LogP contribution in [0.1, 0.15) is 148 Å². The molecule has 2 saturated heterocycles. The minimum atomic E-state index is 0.